The molecule has 0 aromatic heterocycles. The minimum Gasteiger partial charge on any atom is -0.394 e. The lowest BCUT2D eigenvalue weighted by Gasteiger charge is -2.38. The Morgan fingerprint density at radius 2 is 0.891 bits per heavy atom. The zero-order valence-corrected chi connectivity index (χ0v) is 72.1. The van der Waals surface area contributed by atoms with Crippen molar-refractivity contribution in [2.24, 2.45) is 11.7 Å². The van der Waals surface area contributed by atoms with Crippen molar-refractivity contribution in [1.82, 2.24) is 83.8 Å². The van der Waals surface area contributed by atoms with Crippen LogP contribution in [0.15, 0.2) is 60.7 Å². The van der Waals surface area contributed by atoms with Gasteiger partial charge in [0.2, 0.25) is 100 Å². The highest BCUT2D eigenvalue weighted by molar-refractivity contribution is 6.04. The van der Waals surface area contributed by atoms with Gasteiger partial charge >= 0.3 is 0 Å². The number of nitrogens with zero attached hydrogens (tertiary/aromatic N) is 3. The number of carbonyl (C=O) groups excluding carboxylic acids is 17. The molecule has 0 aliphatic carbocycles. The Kier molecular flexibility index (Phi) is 33.9. The molecule has 119 heavy (non-hydrogen) atoms. The fourth-order valence-corrected chi connectivity index (χ4v) is 13.9. The zero-order valence-electron chi connectivity index (χ0n) is 72.1. The van der Waals surface area contributed by atoms with Crippen LogP contribution in [0.1, 0.15) is 200 Å². The van der Waals surface area contributed by atoms with Gasteiger partial charge in [-0.05, 0) is 159 Å². The first-order chi connectivity index (χ1) is 55.0. The first kappa shape index (κ1) is 98.9. The Morgan fingerprint density at radius 1 is 0.462 bits per heavy atom. The summed E-state index contributed by atoms with van der Waals surface area (Å²) in [5.41, 5.74) is -6.99. The molecule has 17 amide bonds. The summed E-state index contributed by atoms with van der Waals surface area (Å²) in [5, 5.41) is 66.3. The normalized spacial score (nSPS) is 19.1. The molecule has 5 rings (SSSR count). The number of carbonyl (C=O) groups is 17. The first-order valence-corrected chi connectivity index (χ1v) is 40.3. The number of nitrogens with one attached hydrogen (secondary N) is 13. The van der Waals surface area contributed by atoms with Crippen LogP contribution in [0.4, 0.5) is 0 Å². The second kappa shape index (κ2) is 40.8. The summed E-state index contributed by atoms with van der Waals surface area (Å²) in [6.45, 7) is 25.2. The Morgan fingerprint density at radius 3 is 1.38 bits per heavy atom. The minimum absolute atomic E-state index is 0.0109. The number of nitrogens with two attached hydrogens (primary N) is 1. The number of hydrogen-bond donors (Lipinski definition) is 17. The topological polar surface area (TPSA) is 543 Å². The molecule has 0 radical (unpaired) electrons. The highest BCUT2D eigenvalue weighted by Gasteiger charge is 2.52. The number of rotatable bonds is 40. The molecule has 2 aromatic carbocycles. The fraction of sp³-hybridized carbons (Fsp3) is 0.646. The average molecular weight is 1670 g/mol. The number of benzene rings is 2. The van der Waals surface area contributed by atoms with E-state index in [2.05, 4.69) is 69.1 Å². The van der Waals surface area contributed by atoms with E-state index in [4.69, 9.17) is 5.73 Å². The quantitative estimate of drug-likeness (QED) is 0.0334. The number of aliphatic hydroxyl groups is 3. The summed E-state index contributed by atoms with van der Waals surface area (Å²) in [7, 11) is 0. The van der Waals surface area contributed by atoms with Crippen molar-refractivity contribution in [3.63, 3.8) is 0 Å². The van der Waals surface area contributed by atoms with E-state index in [0.29, 0.717) is 19.3 Å². The summed E-state index contributed by atoms with van der Waals surface area (Å²) in [4.78, 5) is 240. The molecule has 3 heterocycles. The van der Waals surface area contributed by atoms with Gasteiger partial charge < -0.3 is 105 Å². The first-order valence-electron chi connectivity index (χ1n) is 40.3. The van der Waals surface area contributed by atoms with E-state index in [1.807, 2.05) is 30.3 Å². The van der Waals surface area contributed by atoms with Crippen molar-refractivity contribution in [3.05, 3.63) is 71.8 Å². The highest BCUT2D eigenvalue weighted by atomic mass is 16.3. The maximum atomic E-state index is 14.8. The number of amides is 17. The molecule has 2 aromatic rings. The van der Waals surface area contributed by atoms with E-state index in [-0.39, 0.29) is 64.1 Å². The number of primary amides is 1. The van der Waals surface area contributed by atoms with Crippen LogP contribution in [0.2, 0.25) is 0 Å². The van der Waals surface area contributed by atoms with Crippen LogP contribution in [0, 0.1) is 5.92 Å². The Hall–Kier alpha value is -10.7. The largest absolute Gasteiger partial charge is 0.394 e. The van der Waals surface area contributed by atoms with E-state index >= 15 is 0 Å². The summed E-state index contributed by atoms with van der Waals surface area (Å²) < 4.78 is 0. The molecule has 11 unspecified atom stereocenters. The molecule has 11 atom stereocenters. The van der Waals surface area contributed by atoms with Gasteiger partial charge in [0.05, 0.1) is 31.4 Å². The third-order valence-electron chi connectivity index (χ3n) is 21.6. The maximum absolute atomic E-state index is 14.8. The van der Waals surface area contributed by atoms with Gasteiger partial charge in [-0.3, -0.25) is 81.5 Å². The van der Waals surface area contributed by atoms with Gasteiger partial charge in [0.15, 0.2) is 0 Å². The molecular weight excluding hydrogens is 1540 g/mol. The van der Waals surface area contributed by atoms with Crippen LogP contribution in [0.3, 0.4) is 0 Å². The molecule has 3 aliphatic rings. The molecule has 18 N–H and O–H groups in total. The predicted octanol–water partition coefficient (Wildman–Crippen LogP) is -2.30. The van der Waals surface area contributed by atoms with Crippen molar-refractivity contribution in [3.8, 4) is 0 Å². The van der Waals surface area contributed by atoms with Crippen molar-refractivity contribution >= 4 is 100 Å². The Balaban J connectivity index is 1.19. The molecule has 3 fully saturated rings. The van der Waals surface area contributed by atoms with E-state index in [9.17, 15) is 96.8 Å². The lowest BCUT2D eigenvalue weighted by molar-refractivity contribution is -0.149. The molecule has 660 valence electrons. The van der Waals surface area contributed by atoms with Crippen LogP contribution in [-0.2, 0) is 94.3 Å². The van der Waals surface area contributed by atoms with Crippen LogP contribution < -0.4 is 74.9 Å². The predicted molar refractivity (Wildman–Crippen MR) is 436 cm³/mol. The highest BCUT2D eigenvalue weighted by Crippen LogP contribution is 2.29. The number of hydrogen-bond acceptors (Lipinski definition) is 20. The SMILES string of the molecule is CCC(C)(NC(=O)C(CC(C)C)NC(=O)CNC(=O)C(C)(C)NC(=O)C(C)(C)NC(=O)C(C)(C)NC(=O)C(C)(C)NC(=O)C(Cc1ccccc1)NC(C)=O)C(=O)NC(C)(C)C(=O)N1CC(O)CC1C(=O)NC(CCC(N)=O)C(=O)NC(C)(CC)C(=O)N1CC(O)CC1C(=O)NC(C)(C)C(=O)N1CCCC1C(=O)NC(CO)Cc1ccccc1. The standard InChI is InChI=1S/C82H127N17O20/c1-20-81(18,91-63(108)54(37-46(3)4)87-60(105)42-84-67(112)75(6,7)93-69(114)77(10,11)95-70(115)78(12,13)94-68(113)76(8,9)89-62(107)55(85-47(5)101)39-49-31-26-23-27-32-49)71(116)96-80(16,17)73(118)98-43-51(102)40-57(98)65(110)88-53(34-35-59(83)104)61(106)92-82(19,21-2)74(119)99-44-52(103)41-58(99)66(111)90-79(14,15)72(117)97-36-28-33-56(97)64(109)86-50(45-100)38-48-29-24-22-25-30-48/h22-27,29-32,46,50-58,100,102-103H,20-21,28,33-45H2,1-19H3,(H2,83,104)(H,84,112)(H,85,101)(H,86,109)(H,87,105)(H,88,110)(H,89,107)(H,90,111)(H,91,108)(H,92,106)(H,93,114)(H,94,113)(H,95,115)(H,96,116). The van der Waals surface area contributed by atoms with Gasteiger partial charge in [0.1, 0.15) is 80.6 Å². The number of β-amino-alcohol motifs (C(OH)–C–C–N with tert-alkyl or cyclic N) is 2. The third kappa shape index (κ3) is 27.2. The van der Waals surface area contributed by atoms with Crippen LogP contribution >= 0.6 is 0 Å². The zero-order chi connectivity index (χ0) is 90.1. The van der Waals surface area contributed by atoms with E-state index in [1.54, 1.807) is 58.0 Å². The van der Waals surface area contributed by atoms with Gasteiger partial charge in [0.25, 0.3) is 0 Å². The van der Waals surface area contributed by atoms with Gasteiger partial charge in [-0.1, -0.05) is 88.4 Å². The second-order valence-electron chi connectivity index (χ2n) is 35.3. The molecular formula is C82H127N17O20. The van der Waals surface area contributed by atoms with Gasteiger partial charge in [0, 0.05) is 52.2 Å². The summed E-state index contributed by atoms with van der Waals surface area (Å²) >= 11 is 0. The smallest absolute Gasteiger partial charge is 0.248 e. The summed E-state index contributed by atoms with van der Waals surface area (Å²) in [6.07, 6.45) is -3.16. The lowest BCUT2D eigenvalue weighted by Crippen LogP contribution is -2.68. The van der Waals surface area contributed by atoms with Gasteiger partial charge in [-0.2, -0.15) is 0 Å². The summed E-state index contributed by atoms with van der Waals surface area (Å²) in [5.74, 6) is -14.0. The Bertz CT molecular complexity index is 4080. The molecule has 3 aliphatic heterocycles. The van der Waals surface area contributed by atoms with E-state index < -0.39 is 225 Å². The Labute approximate surface area is 695 Å². The fourth-order valence-electron chi connectivity index (χ4n) is 13.9. The van der Waals surface area contributed by atoms with Crippen molar-refractivity contribution in [1.29, 1.82) is 0 Å². The van der Waals surface area contributed by atoms with E-state index in [0.717, 1.165) is 20.9 Å². The maximum Gasteiger partial charge on any atom is 0.248 e. The average Bonchev–Trinajstić information content (AvgIpc) is 1.66. The van der Waals surface area contributed by atoms with Gasteiger partial charge in [-0.15, -0.1) is 0 Å². The summed E-state index contributed by atoms with van der Waals surface area (Å²) in [6, 6.07) is 9.58. The molecule has 37 heteroatoms. The number of likely N-dealkylation sites (tertiary alicyclic amines) is 3. The van der Waals surface area contributed by atoms with Crippen LogP contribution in [0.5, 0.6) is 0 Å². The monoisotopic (exact) mass is 1670 g/mol. The van der Waals surface area contributed by atoms with Crippen LogP contribution in [0.25, 0.3) is 0 Å². The van der Waals surface area contributed by atoms with Crippen molar-refractivity contribution < 1.29 is 96.8 Å². The molecule has 3 saturated heterocycles. The third-order valence-corrected chi connectivity index (χ3v) is 21.6. The van der Waals surface area contributed by atoms with Crippen molar-refractivity contribution in [2.75, 3.05) is 32.8 Å². The lowest BCUT2D eigenvalue weighted by atomic mass is 9.93. The van der Waals surface area contributed by atoms with Crippen LogP contribution in [-0.4, -0.2) is 262 Å². The van der Waals surface area contributed by atoms with E-state index in [1.165, 1.54) is 109 Å². The van der Waals surface area contributed by atoms with Crippen molar-refractivity contribution in [2.45, 2.75) is 301 Å². The molecule has 0 bridgehead atoms. The number of aliphatic hydroxyl groups excluding tert-OH is 3. The second-order valence-corrected chi connectivity index (χ2v) is 35.3. The molecule has 37 nitrogen and oxygen atoms in total. The molecule has 0 saturated carbocycles. The minimum atomic E-state index is -1.91. The molecule has 0 spiro atoms. The van der Waals surface area contributed by atoms with Gasteiger partial charge in [-0.25, -0.2) is 0 Å².